The molecule has 3 aromatic carbocycles. The number of ether oxygens (including phenoxy) is 2. The van der Waals surface area contributed by atoms with Gasteiger partial charge in [-0.1, -0.05) is 18.2 Å². The predicted octanol–water partition coefficient (Wildman–Crippen LogP) is 3.11. The van der Waals surface area contributed by atoms with Gasteiger partial charge in [0.1, 0.15) is 0 Å². The number of anilines is 1. The second-order valence-electron chi connectivity index (χ2n) is 8.06. The van der Waals surface area contributed by atoms with Gasteiger partial charge < -0.3 is 9.47 Å². The van der Waals surface area contributed by atoms with Crippen molar-refractivity contribution in [1.29, 1.82) is 0 Å². The van der Waals surface area contributed by atoms with Crippen LogP contribution in [0.1, 0.15) is 23.6 Å². The van der Waals surface area contributed by atoms with Crippen molar-refractivity contribution in [2.75, 3.05) is 25.5 Å². The lowest BCUT2D eigenvalue weighted by Gasteiger charge is -2.24. The third-order valence-corrected chi connectivity index (χ3v) is 7.81. The first kappa shape index (κ1) is 24.7. The van der Waals surface area contributed by atoms with Gasteiger partial charge in [0.15, 0.2) is 21.3 Å². The van der Waals surface area contributed by atoms with Crippen LogP contribution >= 0.6 is 0 Å². The summed E-state index contributed by atoms with van der Waals surface area (Å²) >= 11 is 0. The molecule has 0 aromatic heterocycles. The molecular formula is C24H25N3O6S2. The average Bonchev–Trinajstić information content (AvgIpc) is 3.28. The Morgan fingerprint density at radius 3 is 2.00 bits per heavy atom. The van der Waals surface area contributed by atoms with Crippen LogP contribution in [-0.4, -0.2) is 43.0 Å². The molecule has 0 spiro atoms. The maximum Gasteiger partial charge on any atom is 0.238 e. The van der Waals surface area contributed by atoms with Gasteiger partial charge in [-0.2, -0.15) is 5.10 Å². The van der Waals surface area contributed by atoms with Crippen molar-refractivity contribution < 1.29 is 26.3 Å². The van der Waals surface area contributed by atoms with E-state index in [9.17, 15) is 16.8 Å². The number of hydrazone groups is 1. The number of sulfone groups is 1. The minimum Gasteiger partial charge on any atom is -0.493 e. The molecule has 1 aliphatic heterocycles. The van der Waals surface area contributed by atoms with Crippen molar-refractivity contribution in [2.45, 2.75) is 22.3 Å². The van der Waals surface area contributed by atoms with E-state index >= 15 is 0 Å². The number of methoxy groups -OCH3 is 2. The molecular weight excluding hydrogens is 490 g/mol. The quantitative estimate of drug-likeness (QED) is 0.512. The summed E-state index contributed by atoms with van der Waals surface area (Å²) in [6.07, 6.45) is 1.68. The first-order valence-corrected chi connectivity index (χ1v) is 14.0. The number of rotatable bonds is 7. The highest BCUT2D eigenvalue weighted by molar-refractivity contribution is 7.90. The number of hydrogen-bond acceptors (Lipinski definition) is 8. The summed E-state index contributed by atoms with van der Waals surface area (Å²) in [6.45, 7) is 0. The Morgan fingerprint density at radius 1 is 0.857 bits per heavy atom. The molecule has 4 rings (SSSR count). The minimum atomic E-state index is -3.83. The van der Waals surface area contributed by atoms with Crippen LogP contribution < -0.4 is 19.6 Å². The molecule has 0 amide bonds. The average molecular weight is 516 g/mol. The first-order chi connectivity index (χ1) is 16.5. The summed E-state index contributed by atoms with van der Waals surface area (Å²) in [5, 5.41) is 11.9. The Bertz CT molecular complexity index is 1480. The van der Waals surface area contributed by atoms with Gasteiger partial charge in [-0.05, 0) is 59.7 Å². The van der Waals surface area contributed by atoms with Crippen molar-refractivity contribution in [1.82, 2.24) is 0 Å². The zero-order chi connectivity index (χ0) is 25.4. The number of nitrogens with two attached hydrogens (primary N) is 1. The zero-order valence-electron chi connectivity index (χ0n) is 19.4. The van der Waals surface area contributed by atoms with Crippen LogP contribution in [0.15, 0.2) is 81.6 Å². The fraction of sp³-hybridized carbons (Fsp3) is 0.208. The Kier molecular flexibility index (Phi) is 6.58. The largest absolute Gasteiger partial charge is 0.493 e. The lowest BCUT2D eigenvalue weighted by Crippen LogP contribution is -2.19. The SMILES string of the molecule is COc1ccc(C2CC(c3ccc(S(C)(=O)=O)cc3)=NN2c2ccc(S(N)(=O)=O)cc2)cc1OC. The van der Waals surface area contributed by atoms with Crippen molar-refractivity contribution >= 4 is 31.3 Å². The van der Waals surface area contributed by atoms with Crippen LogP contribution in [0.4, 0.5) is 5.69 Å². The molecule has 1 atom stereocenters. The highest BCUT2D eigenvalue weighted by Crippen LogP contribution is 2.40. The minimum absolute atomic E-state index is 0.00341. The molecule has 184 valence electrons. The molecule has 1 heterocycles. The highest BCUT2D eigenvalue weighted by atomic mass is 32.2. The summed E-state index contributed by atoms with van der Waals surface area (Å²) < 4.78 is 57.9. The summed E-state index contributed by atoms with van der Waals surface area (Å²) in [7, 11) is -4.02. The second-order valence-corrected chi connectivity index (χ2v) is 11.6. The van der Waals surface area contributed by atoms with Gasteiger partial charge >= 0.3 is 0 Å². The summed E-state index contributed by atoms with van der Waals surface area (Å²) in [5.41, 5.74) is 3.11. The molecule has 0 aliphatic carbocycles. The van der Waals surface area contributed by atoms with Crippen molar-refractivity contribution in [3.8, 4) is 11.5 Å². The third-order valence-electron chi connectivity index (χ3n) is 5.75. The number of nitrogens with zero attached hydrogens (tertiary/aromatic N) is 2. The molecule has 0 radical (unpaired) electrons. The van der Waals surface area contributed by atoms with E-state index in [1.54, 1.807) is 55.6 Å². The third kappa shape index (κ3) is 5.16. The molecule has 0 saturated heterocycles. The molecule has 1 aliphatic rings. The standard InChI is InChI=1S/C24H25N3O6S2/c1-32-23-13-6-17(14-24(23)33-2)22-15-21(16-4-9-19(10-5-16)34(3,28)29)26-27(22)18-7-11-20(12-8-18)35(25,30)31/h4-14,22H,15H2,1-3H3,(H2,25,30,31). The molecule has 11 heteroatoms. The van der Waals surface area contributed by atoms with E-state index in [0.717, 1.165) is 23.1 Å². The van der Waals surface area contributed by atoms with E-state index in [-0.39, 0.29) is 15.8 Å². The van der Waals surface area contributed by atoms with Crippen LogP contribution in [0.3, 0.4) is 0 Å². The molecule has 1 unspecified atom stereocenters. The second kappa shape index (κ2) is 9.33. The Morgan fingerprint density at radius 2 is 1.46 bits per heavy atom. The van der Waals surface area contributed by atoms with Crippen molar-refractivity contribution in [3.05, 3.63) is 77.9 Å². The van der Waals surface area contributed by atoms with Crippen molar-refractivity contribution in [3.63, 3.8) is 0 Å². The van der Waals surface area contributed by atoms with Gasteiger partial charge in [0.2, 0.25) is 10.0 Å². The molecule has 2 N–H and O–H groups in total. The number of benzene rings is 3. The fourth-order valence-electron chi connectivity index (χ4n) is 3.93. The summed E-state index contributed by atoms with van der Waals surface area (Å²) in [4.78, 5) is 0.232. The van der Waals surface area contributed by atoms with E-state index in [1.165, 1.54) is 12.1 Å². The zero-order valence-corrected chi connectivity index (χ0v) is 21.0. The molecule has 0 bridgehead atoms. The van der Waals surface area contributed by atoms with E-state index in [0.29, 0.717) is 23.6 Å². The van der Waals surface area contributed by atoms with Gasteiger partial charge in [0, 0.05) is 12.7 Å². The molecule has 35 heavy (non-hydrogen) atoms. The van der Waals surface area contributed by atoms with Crippen molar-refractivity contribution in [2.24, 2.45) is 10.2 Å². The maximum atomic E-state index is 11.8. The molecule has 0 saturated carbocycles. The van der Waals surface area contributed by atoms with Crippen LogP contribution in [0.2, 0.25) is 0 Å². The summed E-state index contributed by atoms with van der Waals surface area (Å²) in [6, 6.07) is 18.1. The Labute approximate surface area is 204 Å². The van der Waals surface area contributed by atoms with E-state index in [4.69, 9.17) is 19.7 Å². The number of sulfonamides is 1. The van der Waals surface area contributed by atoms with E-state index in [1.807, 2.05) is 18.2 Å². The van der Waals surface area contributed by atoms with Gasteiger partial charge in [0.05, 0.1) is 41.5 Å². The van der Waals surface area contributed by atoms with Crippen LogP contribution in [0.25, 0.3) is 0 Å². The number of primary sulfonamides is 1. The highest BCUT2D eigenvalue weighted by Gasteiger charge is 2.31. The van der Waals surface area contributed by atoms with E-state index < -0.39 is 19.9 Å². The molecule has 3 aromatic rings. The summed E-state index contributed by atoms with van der Waals surface area (Å²) in [5.74, 6) is 1.16. The Balaban J connectivity index is 1.77. The predicted molar refractivity (Wildman–Crippen MR) is 133 cm³/mol. The van der Waals surface area contributed by atoms with Gasteiger partial charge in [-0.25, -0.2) is 22.0 Å². The first-order valence-electron chi connectivity index (χ1n) is 10.5. The lowest BCUT2D eigenvalue weighted by molar-refractivity contribution is 0.354. The van der Waals surface area contributed by atoms with Gasteiger partial charge in [-0.3, -0.25) is 5.01 Å². The fourth-order valence-corrected chi connectivity index (χ4v) is 5.07. The van der Waals surface area contributed by atoms with Crippen LogP contribution in [0, 0.1) is 0 Å². The number of hydrogen-bond donors (Lipinski definition) is 1. The van der Waals surface area contributed by atoms with E-state index in [2.05, 4.69) is 0 Å². The molecule has 0 fully saturated rings. The van der Waals surface area contributed by atoms with Crippen LogP contribution in [-0.2, 0) is 19.9 Å². The molecule has 9 nitrogen and oxygen atoms in total. The van der Waals surface area contributed by atoms with Crippen LogP contribution in [0.5, 0.6) is 11.5 Å². The van der Waals surface area contributed by atoms with Gasteiger partial charge in [-0.15, -0.1) is 0 Å². The maximum absolute atomic E-state index is 11.8. The Hall–Kier alpha value is -3.41. The monoisotopic (exact) mass is 515 g/mol. The normalized spacial score (nSPS) is 16.2. The van der Waals surface area contributed by atoms with Gasteiger partial charge in [0.25, 0.3) is 0 Å². The topological polar surface area (TPSA) is 128 Å². The smallest absolute Gasteiger partial charge is 0.238 e. The lowest BCUT2D eigenvalue weighted by atomic mass is 9.98.